The van der Waals surface area contributed by atoms with Crippen molar-refractivity contribution < 1.29 is 18.1 Å². The largest absolute Gasteiger partial charge is 0.346 e. The summed E-state index contributed by atoms with van der Waals surface area (Å²) in [5.74, 6) is -0.513. The van der Waals surface area contributed by atoms with Crippen molar-refractivity contribution in [1.82, 2.24) is 5.32 Å². The first-order valence-electron chi connectivity index (χ1n) is 6.65. The molecule has 0 saturated carbocycles. The Labute approximate surface area is 128 Å². The van der Waals surface area contributed by atoms with Crippen LogP contribution >= 0.6 is 0 Å². The summed E-state index contributed by atoms with van der Waals surface area (Å²) in [4.78, 5) is 22.3. The minimum atomic E-state index is -3.11. The van der Waals surface area contributed by atoms with E-state index >= 15 is 0 Å². The summed E-state index contributed by atoms with van der Waals surface area (Å²) in [7, 11) is -3.11. The predicted octanol–water partition coefficient (Wildman–Crippen LogP) is 1.30. The van der Waals surface area contributed by atoms with E-state index in [1.165, 1.54) is 24.3 Å². The fraction of sp³-hybridized carbons (Fsp3) is 0.357. The van der Waals surface area contributed by atoms with Crippen LogP contribution in [0.4, 0.5) is 5.69 Å². The van der Waals surface area contributed by atoms with E-state index in [9.17, 15) is 23.3 Å². The number of nitrogens with one attached hydrogen (secondary N) is 1. The zero-order valence-electron chi connectivity index (χ0n) is 12.0. The number of hydrogen-bond donors (Lipinski definition) is 1. The first-order chi connectivity index (χ1) is 10.2. The van der Waals surface area contributed by atoms with E-state index in [0.717, 1.165) is 0 Å². The van der Waals surface area contributed by atoms with Gasteiger partial charge in [-0.3, -0.25) is 14.9 Å². The fourth-order valence-electron chi connectivity index (χ4n) is 2.41. The molecule has 1 aliphatic heterocycles. The Hall–Kier alpha value is -2.22. The van der Waals surface area contributed by atoms with Crippen molar-refractivity contribution in [2.75, 3.05) is 11.5 Å². The van der Waals surface area contributed by atoms with Gasteiger partial charge in [-0.15, -0.1) is 0 Å². The van der Waals surface area contributed by atoms with Crippen LogP contribution in [0.2, 0.25) is 0 Å². The van der Waals surface area contributed by atoms with E-state index in [0.29, 0.717) is 12.0 Å². The van der Waals surface area contributed by atoms with Gasteiger partial charge in [0.2, 0.25) is 5.91 Å². The summed E-state index contributed by atoms with van der Waals surface area (Å²) >= 11 is 0. The van der Waals surface area contributed by atoms with Gasteiger partial charge in [-0.25, -0.2) is 8.42 Å². The Balaban J connectivity index is 2.08. The van der Waals surface area contributed by atoms with Gasteiger partial charge in [0, 0.05) is 12.1 Å². The highest BCUT2D eigenvalue weighted by Gasteiger charge is 2.39. The number of nitro benzene ring substituents is 1. The first-order valence-corrected chi connectivity index (χ1v) is 8.47. The number of para-hydroxylation sites is 1. The molecule has 1 amide bonds. The Morgan fingerprint density at radius 2 is 2.09 bits per heavy atom. The lowest BCUT2D eigenvalue weighted by molar-refractivity contribution is -0.385. The van der Waals surface area contributed by atoms with E-state index in [-0.39, 0.29) is 17.2 Å². The van der Waals surface area contributed by atoms with E-state index < -0.39 is 26.2 Å². The molecule has 1 N–H and O–H groups in total. The quantitative estimate of drug-likeness (QED) is 0.510. The van der Waals surface area contributed by atoms with Crippen LogP contribution in [0.5, 0.6) is 0 Å². The fourth-order valence-corrected chi connectivity index (χ4v) is 4.50. The van der Waals surface area contributed by atoms with Gasteiger partial charge in [0.1, 0.15) is 0 Å². The minimum absolute atomic E-state index is 0.0532. The van der Waals surface area contributed by atoms with Crippen molar-refractivity contribution in [3.8, 4) is 0 Å². The average Bonchev–Trinajstić information content (AvgIpc) is 2.70. The molecular formula is C14H16N2O5S. The molecule has 0 aliphatic carbocycles. The van der Waals surface area contributed by atoms with Gasteiger partial charge in [0.05, 0.1) is 27.5 Å². The highest BCUT2D eigenvalue weighted by Crippen LogP contribution is 2.23. The van der Waals surface area contributed by atoms with E-state index in [2.05, 4.69) is 5.32 Å². The average molecular weight is 324 g/mol. The molecule has 0 spiro atoms. The third-order valence-electron chi connectivity index (χ3n) is 3.48. The number of nitro groups is 1. The van der Waals surface area contributed by atoms with Gasteiger partial charge >= 0.3 is 0 Å². The smallest absolute Gasteiger partial charge is 0.276 e. The van der Waals surface area contributed by atoms with Gasteiger partial charge in [-0.05, 0) is 25.5 Å². The topological polar surface area (TPSA) is 106 Å². The van der Waals surface area contributed by atoms with Crippen LogP contribution in [0.3, 0.4) is 0 Å². The summed E-state index contributed by atoms with van der Waals surface area (Å²) in [5.41, 5.74) is -0.573. The van der Waals surface area contributed by atoms with Crippen LogP contribution < -0.4 is 5.32 Å². The predicted molar refractivity (Wildman–Crippen MR) is 81.9 cm³/mol. The highest BCUT2D eigenvalue weighted by molar-refractivity contribution is 7.91. The maximum Gasteiger partial charge on any atom is 0.276 e. The number of nitrogens with zero attached hydrogens (tertiary/aromatic N) is 1. The molecule has 1 atom stereocenters. The van der Waals surface area contributed by atoms with Crippen molar-refractivity contribution in [2.45, 2.75) is 18.9 Å². The molecule has 118 valence electrons. The number of amides is 1. The van der Waals surface area contributed by atoms with Gasteiger partial charge in [-0.1, -0.05) is 12.1 Å². The van der Waals surface area contributed by atoms with E-state index in [4.69, 9.17) is 0 Å². The number of carbonyl (C=O) groups excluding carboxylic acids is 1. The molecule has 1 aliphatic rings. The molecule has 2 rings (SSSR count). The zero-order chi connectivity index (χ0) is 16.4. The highest BCUT2D eigenvalue weighted by atomic mass is 32.2. The van der Waals surface area contributed by atoms with Crippen molar-refractivity contribution >= 4 is 27.5 Å². The maximum absolute atomic E-state index is 11.9. The standard InChI is InChI=1S/C14H16N2O5S/c1-14(8-9-22(20,21)10-14)15-13(17)7-6-11-4-2-3-5-12(11)16(18)19/h2-7H,8-10H2,1H3,(H,15,17)/b7-6+. The summed E-state index contributed by atoms with van der Waals surface area (Å²) < 4.78 is 23.0. The van der Waals surface area contributed by atoms with Gasteiger partial charge in [0.25, 0.3) is 5.69 Å². The Morgan fingerprint density at radius 1 is 1.41 bits per heavy atom. The second-order valence-corrected chi connectivity index (χ2v) is 7.73. The van der Waals surface area contributed by atoms with E-state index in [1.54, 1.807) is 19.1 Å². The molecule has 1 heterocycles. The molecule has 0 aromatic heterocycles. The monoisotopic (exact) mass is 324 g/mol. The maximum atomic E-state index is 11.9. The summed E-state index contributed by atoms with van der Waals surface area (Å²) in [5, 5.41) is 13.5. The lowest BCUT2D eigenvalue weighted by Crippen LogP contribution is -2.46. The van der Waals surface area contributed by atoms with Crippen LogP contribution in [0.15, 0.2) is 30.3 Å². The van der Waals surface area contributed by atoms with Crippen LogP contribution in [0, 0.1) is 10.1 Å². The lowest BCUT2D eigenvalue weighted by Gasteiger charge is -2.22. The number of carbonyl (C=O) groups is 1. The second-order valence-electron chi connectivity index (χ2n) is 5.54. The van der Waals surface area contributed by atoms with Gasteiger partial charge < -0.3 is 5.32 Å². The second kappa shape index (κ2) is 5.88. The van der Waals surface area contributed by atoms with Crippen LogP contribution in [0.25, 0.3) is 6.08 Å². The molecule has 0 radical (unpaired) electrons. The number of hydrogen-bond acceptors (Lipinski definition) is 5. The molecule has 8 heteroatoms. The molecule has 1 saturated heterocycles. The Kier molecular flexibility index (Phi) is 4.32. The molecule has 7 nitrogen and oxygen atoms in total. The molecule has 1 aromatic rings. The van der Waals surface area contributed by atoms with Crippen molar-refractivity contribution in [1.29, 1.82) is 0 Å². The molecule has 0 bridgehead atoms. The van der Waals surface area contributed by atoms with Crippen LogP contribution in [0.1, 0.15) is 18.9 Å². The summed E-state index contributed by atoms with van der Waals surface area (Å²) in [6.45, 7) is 1.67. The molecular weight excluding hydrogens is 308 g/mol. The summed E-state index contributed by atoms with van der Waals surface area (Å²) in [6, 6.07) is 6.06. The minimum Gasteiger partial charge on any atom is -0.346 e. The molecule has 1 aromatic carbocycles. The number of sulfone groups is 1. The van der Waals surface area contributed by atoms with Crippen molar-refractivity contribution in [3.05, 3.63) is 46.0 Å². The lowest BCUT2D eigenvalue weighted by atomic mass is 10.0. The normalized spacial score (nSPS) is 23.5. The third kappa shape index (κ3) is 3.91. The van der Waals surface area contributed by atoms with Gasteiger partial charge in [0.15, 0.2) is 9.84 Å². The number of rotatable bonds is 4. The Morgan fingerprint density at radius 3 is 2.68 bits per heavy atom. The SMILES string of the molecule is CC1(NC(=O)/C=C/c2ccccc2[N+](=O)[O-])CCS(=O)(=O)C1. The molecule has 1 unspecified atom stereocenters. The third-order valence-corrected chi connectivity index (χ3v) is 5.38. The van der Waals surface area contributed by atoms with Crippen molar-refractivity contribution in [3.63, 3.8) is 0 Å². The Bertz CT molecular complexity index is 741. The summed E-state index contributed by atoms with van der Waals surface area (Å²) in [6.07, 6.45) is 2.89. The zero-order valence-corrected chi connectivity index (χ0v) is 12.8. The van der Waals surface area contributed by atoms with Crippen LogP contribution in [-0.4, -0.2) is 36.3 Å². The van der Waals surface area contributed by atoms with Crippen molar-refractivity contribution in [2.24, 2.45) is 0 Å². The number of benzene rings is 1. The first kappa shape index (κ1) is 16.2. The molecule has 1 fully saturated rings. The molecule has 22 heavy (non-hydrogen) atoms. The van der Waals surface area contributed by atoms with E-state index in [1.807, 2.05) is 0 Å². The van der Waals surface area contributed by atoms with Gasteiger partial charge in [-0.2, -0.15) is 0 Å². The van der Waals surface area contributed by atoms with Crippen LogP contribution in [-0.2, 0) is 14.6 Å².